The van der Waals surface area contributed by atoms with Crippen molar-refractivity contribution in [3.05, 3.63) is 18.1 Å². The highest BCUT2D eigenvalue weighted by atomic mass is 35.5. The highest BCUT2D eigenvalue weighted by molar-refractivity contribution is 6.18. The van der Waals surface area contributed by atoms with Crippen LogP contribution in [0.5, 0.6) is 0 Å². The number of rotatable bonds is 3. The number of morpholine rings is 1. The van der Waals surface area contributed by atoms with E-state index >= 15 is 0 Å². The number of nitrogens with zero attached hydrogens (tertiary/aromatic N) is 3. The van der Waals surface area contributed by atoms with Gasteiger partial charge in [0.1, 0.15) is 12.1 Å². The Hall–Kier alpha value is -0.870. The van der Waals surface area contributed by atoms with E-state index in [1.165, 1.54) is 0 Å². The van der Waals surface area contributed by atoms with Gasteiger partial charge in [0.05, 0.1) is 18.1 Å². The van der Waals surface area contributed by atoms with E-state index in [1.807, 2.05) is 0 Å². The lowest BCUT2D eigenvalue weighted by Crippen LogP contribution is -2.47. The van der Waals surface area contributed by atoms with Crippen LogP contribution < -0.4 is 4.90 Å². The van der Waals surface area contributed by atoms with E-state index in [0.29, 0.717) is 11.8 Å². The number of ether oxygens (including phenoxy) is 1. The molecule has 18 heavy (non-hydrogen) atoms. The fraction of sp³-hybridized carbons (Fsp3) is 0.692. The van der Waals surface area contributed by atoms with Crippen molar-refractivity contribution in [2.24, 2.45) is 0 Å². The summed E-state index contributed by atoms with van der Waals surface area (Å²) in [5.74, 6) is 1.90. The van der Waals surface area contributed by atoms with Gasteiger partial charge in [-0.3, -0.25) is 0 Å². The van der Waals surface area contributed by atoms with Gasteiger partial charge in [0.15, 0.2) is 0 Å². The first kappa shape index (κ1) is 13.6. The van der Waals surface area contributed by atoms with Gasteiger partial charge >= 0.3 is 0 Å². The van der Waals surface area contributed by atoms with Crippen LogP contribution in [-0.2, 0) is 4.74 Å². The summed E-state index contributed by atoms with van der Waals surface area (Å²) >= 11 is 5.90. The zero-order valence-electron chi connectivity index (χ0n) is 11.1. The van der Waals surface area contributed by atoms with E-state index in [4.69, 9.17) is 16.3 Å². The van der Waals surface area contributed by atoms with Crippen LogP contribution in [0.4, 0.5) is 5.82 Å². The predicted octanol–water partition coefficient (Wildman–Crippen LogP) is 2.43. The Balaban J connectivity index is 2.17. The van der Waals surface area contributed by atoms with E-state index in [0.717, 1.165) is 24.6 Å². The van der Waals surface area contributed by atoms with Gasteiger partial charge in [-0.05, 0) is 12.8 Å². The third kappa shape index (κ3) is 3.12. The molecular weight excluding hydrogens is 250 g/mol. The molecule has 2 unspecified atom stereocenters. The third-order valence-corrected chi connectivity index (χ3v) is 3.43. The first-order valence-electron chi connectivity index (χ1n) is 6.38. The van der Waals surface area contributed by atoms with Gasteiger partial charge in [0.25, 0.3) is 0 Å². The van der Waals surface area contributed by atoms with Crippen LogP contribution in [0.3, 0.4) is 0 Å². The number of alkyl halides is 1. The van der Waals surface area contributed by atoms with Crippen LogP contribution in [-0.4, -0.2) is 41.1 Å². The smallest absolute Gasteiger partial charge is 0.132 e. The van der Waals surface area contributed by atoms with Crippen LogP contribution >= 0.6 is 11.6 Å². The zero-order chi connectivity index (χ0) is 13.1. The maximum absolute atomic E-state index is 5.90. The quantitative estimate of drug-likeness (QED) is 0.790. The standard InChI is InChI=1S/C13H20ClN3O/c1-9(2)12-4-13(16-8-15-12)17-6-10(3)18-11(5-14)7-17/h4,8-11H,5-7H2,1-3H3. The minimum Gasteiger partial charge on any atom is -0.370 e. The first-order chi connectivity index (χ1) is 8.60. The third-order valence-electron chi connectivity index (χ3n) is 3.09. The molecule has 0 aromatic carbocycles. The number of aromatic nitrogens is 2. The zero-order valence-corrected chi connectivity index (χ0v) is 11.9. The van der Waals surface area contributed by atoms with Crippen molar-refractivity contribution in [2.75, 3.05) is 23.9 Å². The average molecular weight is 270 g/mol. The fourth-order valence-electron chi connectivity index (χ4n) is 2.17. The van der Waals surface area contributed by atoms with Crippen LogP contribution in [0.2, 0.25) is 0 Å². The Morgan fingerprint density at radius 3 is 2.89 bits per heavy atom. The van der Waals surface area contributed by atoms with Crippen molar-refractivity contribution in [1.29, 1.82) is 0 Å². The second-order valence-electron chi connectivity index (χ2n) is 5.08. The molecule has 100 valence electrons. The molecule has 4 nitrogen and oxygen atoms in total. The maximum Gasteiger partial charge on any atom is 0.132 e. The number of halogens is 1. The average Bonchev–Trinajstić information content (AvgIpc) is 2.38. The van der Waals surface area contributed by atoms with Gasteiger partial charge < -0.3 is 9.64 Å². The topological polar surface area (TPSA) is 38.2 Å². The second-order valence-corrected chi connectivity index (χ2v) is 5.39. The van der Waals surface area contributed by atoms with Gasteiger partial charge in [-0.2, -0.15) is 0 Å². The van der Waals surface area contributed by atoms with Gasteiger partial charge in [-0.15, -0.1) is 11.6 Å². The Kier molecular flexibility index (Phi) is 4.40. The monoisotopic (exact) mass is 269 g/mol. The molecule has 1 saturated heterocycles. The van der Waals surface area contributed by atoms with E-state index in [-0.39, 0.29) is 12.2 Å². The second kappa shape index (κ2) is 5.85. The fourth-order valence-corrected chi connectivity index (χ4v) is 2.34. The first-order valence-corrected chi connectivity index (χ1v) is 6.92. The molecule has 1 fully saturated rings. The minimum absolute atomic E-state index is 0.0767. The molecule has 1 aromatic rings. The predicted molar refractivity (Wildman–Crippen MR) is 73.4 cm³/mol. The normalized spacial score (nSPS) is 24.6. The molecule has 1 aromatic heterocycles. The number of hydrogen-bond donors (Lipinski definition) is 0. The molecule has 0 aliphatic carbocycles. The van der Waals surface area contributed by atoms with Crippen molar-refractivity contribution < 1.29 is 4.74 Å². The van der Waals surface area contributed by atoms with Gasteiger partial charge in [-0.25, -0.2) is 9.97 Å². The molecule has 5 heteroatoms. The summed E-state index contributed by atoms with van der Waals surface area (Å²) in [7, 11) is 0. The van der Waals surface area contributed by atoms with Crippen molar-refractivity contribution in [3.8, 4) is 0 Å². The summed E-state index contributed by atoms with van der Waals surface area (Å²) in [6.07, 6.45) is 1.90. The van der Waals surface area contributed by atoms with E-state index in [9.17, 15) is 0 Å². The van der Waals surface area contributed by atoms with Crippen molar-refractivity contribution in [2.45, 2.75) is 38.9 Å². The summed E-state index contributed by atoms with van der Waals surface area (Å²) < 4.78 is 5.75. The number of hydrogen-bond acceptors (Lipinski definition) is 4. The SMILES string of the molecule is CC1CN(c2cc(C(C)C)ncn2)CC(CCl)O1. The van der Waals surface area contributed by atoms with Crippen molar-refractivity contribution >= 4 is 17.4 Å². The van der Waals surface area contributed by atoms with E-state index in [2.05, 4.69) is 41.7 Å². The number of anilines is 1. The minimum atomic E-state index is 0.0767. The van der Waals surface area contributed by atoms with Crippen LogP contribution in [0.15, 0.2) is 12.4 Å². The molecule has 2 atom stereocenters. The molecule has 0 amide bonds. The molecule has 1 aliphatic rings. The van der Waals surface area contributed by atoms with E-state index < -0.39 is 0 Å². The Morgan fingerprint density at radius 1 is 1.44 bits per heavy atom. The summed E-state index contributed by atoms with van der Waals surface area (Å²) in [5, 5.41) is 0. The van der Waals surface area contributed by atoms with Gasteiger partial charge in [0.2, 0.25) is 0 Å². The molecule has 2 heterocycles. The van der Waals surface area contributed by atoms with E-state index in [1.54, 1.807) is 6.33 Å². The molecule has 0 radical (unpaired) electrons. The molecule has 0 saturated carbocycles. The molecule has 0 bridgehead atoms. The molecule has 0 spiro atoms. The maximum atomic E-state index is 5.90. The van der Waals surface area contributed by atoms with Gasteiger partial charge in [-0.1, -0.05) is 13.8 Å². The summed E-state index contributed by atoms with van der Waals surface area (Å²) in [4.78, 5) is 10.9. The van der Waals surface area contributed by atoms with Crippen LogP contribution in [0.1, 0.15) is 32.4 Å². The Morgan fingerprint density at radius 2 is 2.22 bits per heavy atom. The van der Waals surface area contributed by atoms with Crippen molar-refractivity contribution in [3.63, 3.8) is 0 Å². The Labute approximate surface area is 113 Å². The lowest BCUT2D eigenvalue weighted by atomic mass is 10.1. The molecular formula is C13H20ClN3O. The highest BCUT2D eigenvalue weighted by Crippen LogP contribution is 2.21. The molecule has 1 aliphatic heterocycles. The van der Waals surface area contributed by atoms with Gasteiger partial charge in [0, 0.05) is 24.8 Å². The summed E-state index contributed by atoms with van der Waals surface area (Å²) in [5.41, 5.74) is 1.07. The van der Waals surface area contributed by atoms with Crippen LogP contribution in [0, 0.1) is 0 Å². The summed E-state index contributed by atoms with van der Waals surface area (Å²) in [6, 6.07) is 2.06. The van der Waals surface area contributed by atoms with Crippen molar-refractivity contribution in [1.82, 2.24) is 9.97 Å². The summed E-state index contributed by atoms with van der Waals surface area (Å²) in [6.45, 7) is 7.98. The largest absolute Gasteiger partial charge is 0.370 e. The molecule has 0 N–H and O–H groups in total. The lowest BCUT2D eigenvalue weighted by molar-refractivity contribution is -0.00358. The van der Waals surface area contributed by atoms with Crippen LogP contribution in [0.25, 0.3) is 0 Å². The highest BCUT2D eigenvalue weighted by Gasteiger charge is 2.25. The Bertz CT molecular complexity index is 400. The molecule has 2 rings (SSSR count). The lowest BCUT2D eigenvalue weighted by Gasteiger charge is -2.36.